The number of rotatable bonds is 3. The standard InChI is InChI=1S/C20H23NO4S/c1-23-15-10-12-7-9-21-17(13(12)11-16(15)24-2)20(19(22)25-3)8-5-4-6-14(20)18(21)26/h6,10-11,17H,4-5,7-9H2,1-3H3. The zero-order chi connectivity index (χ0) is 18.5. The fourth-order valence-electron chi connectivity index (χ4n) is 4.86. The Labute approximate surface area is 158 Å². The highest BCUT2D eigenvalue weighted by molar-refractivity contribution is 7.80. The monoisotopic (exact) mass is 373 g/mol. The predicted molar refractivity (Wildman–Crippen MR) is 102 cm³/mol. The molecule has 4 rings (SSSR count). The molecule has 1 saturated heterocycles. The summed E-state index contributed by atoms with van der Waals surface area (Å²) in [5.74, 6) is 1.19. The average molecular weight is 373 g/mol. The summed E-state index contributed by atoms with van der Waals surface area (Å²) in [7, 11) is 4.74. The Bertz CT molecular complexity index is 818. The van der Waals surface area contributed by atoms with E-state index in [-0.39, 0.29) is 12.0 Å². The third-order valence-electron chi connectivity index (χ3n) is 5.99. The topological polar surface area (TPSA) is 48.0 Å². The van der Waals surface area contributed by atoms with E-state index in [1.165, 1.54) is 12.7 Å². The molecule has 0 N–H and O–H groups in total. The number of fused-ring (bicyclic) bond motifs is 5. The van der Waals surface area contributed by atoms with Crippen molar-refractivity contribution in [2.45, 2.75) is 31.7 Å². The molecule has 2 atom stereocenters. The molecule has 0 amide bonds. The summed E-state index contributed by atoms with van der Waals surface area (Å²) in [5.41, 5.74) is 2.52. The van der Waals surface area contributed by atoms with E-state index in [0.29, 0.717) is 11.5 Å². The minimum Gasteiger partial charge on any atom is -0.493 e. The van der Waals surface area contributed by atoms with E-state index in [0.717, 1.165) is 48.4 Å². The minimum absolute atomic E-state index is 0.141. The molecule has 6 heteroatoms. The van der Waals surface area contributed by atoms with Gasteiger partial charge in [-0.2, -0.15) is 0 Å². The van der Waals surface area contributed by atoms with E-state index in [4.69, 9.17) is 26.4 Å². The van der Waals surface area contributed by atoms with E-state index in [1.807, 2.05) is 12.1 Å². The molecule has 1 aromatic rings. The molecule has 0 radical (unpaired) electrons. The highest BCUT2D eigenvalue weighted by atomic mass is 32.1. The van der Waals surface area contributed by atoms with Gasteiger partial charge in [-0.3, -0.25) is 4.79 Å². The van der Waals surface area contributed by atoms with Gasteiger partial charge in [0.1, 0.15) is 10.4 Å². The van der Waals surface area contributed by atoms with Gasteiger partial charge in [0.15, 0.2) is 11.5 Å². The molecule has 0 aromatic heterocycles. The van der Waals surface area contributed by atoms with Gasteiger partial charge in [0.2, 0.25) is 0 Å². The van der Waals surface area contributed by atoms with E-state index in [1.54, 1.807) is 14.2 Å². The Morgan fingerprint density at radius 1 is 1.23 bits per heavy atom. The SMILES string of the molecule is COC(=O)C12CCCC=C1C(=S)N1CCc3cc(OC)c(OC)cc3C12. The second kappa shape index (κ2) is 6.27. The molecular weight excluding hydrogens is 350 g/mol. The fourth-order valence-corrected chi connectivity index (χ4v) is 5.32. The molecule has 0 saturated carbocycles. The molecule has 1 aromatic carbocycles. The number of thiocarbonyl (C=S) groups is 1. The lowest BCUT2D eigenvalue weighted by Crippen LogP contribution is -2.43. The number of ether oxygens (including phenoxy) is 3. The van der Waals surface area contributed by atoms with Crippen LogP contribution >= 0.6 is 12.2 Å². The molecule has 2 unspecified atom stereocenters. The molecule has 5 nitrogen and oxygen atoms in total. The lowest BCUT2D eigenvalue weighted by Gasteiger charge is -2.41. The van der Waals surface area contributed by atoms with Crippen molar-refractivity contribution < 1.29 is 19.0 Å². The van der Waals surface area contributed by atoms with Crippen LogP contribution in [0.25, 0.3) is 0 Å². The maximum atomic E-state index is 13.1. The summed E-state index contributed by atoms with van der Waals surface area (Å²) < 4.78 is 16.3. The fraction of sp³-hybridized carbons (Fsp3) is 0.500. The molecule has 0 spiro atoms. The first-order chi connectivity index (χ1) is 12.6. The summed E-state index contributed by atoms with van der Waals surface area (Å²) in [5, 5.41) is 0. The van der Waals surface area contributed by atoms with Gasteiger partial charge in [0.05, 0.1) is 27.4 Å². The smallest absolute Gasteiger partial charge is 0.318 e. The molecule has 3 aliphatic rings. The minimum atomic E-state index is -0.723. The van der Waals surface area contributed by atoms with Gasteiger partial charge in [-0.05, 0) is 48.9 Å². The number of hydrogen-bond donors (Lipinski definition) is 0. The molecule has 2 heterocycles. The summed E-state index contributed by atoms with van der Waals surface area (Å²) in [6.45, 7) is 0.794. The van der Waals surface area contributed by atoms with Crippen LogP contribution in [0.3, 0.4) is 0 Å². The Morgan fingerprint density at radius 2 is 1.96 bits per heavy atom. The Morgan fingerprint density at radius 3 is 2.65 bits per heavy atom. The summed E-state index contributed by atoms with van der Waals surface area (Å²) in [6, 6.07) is 3.90. The Kier molecular flexibility index (Phi) is 4.18. The second-order valence-corrected chi connectivity index (χ2v) is 7.42. The third-order valence-corrected chi connectivity index (χ3v) is 6.44. The first-order valence-corrected chi connectivity index (χ1v) is 9.34. The third kappa shape index (κ3) is 2.14. The molecule has 0 bridgehead atoms. The second-order valence-electron chi connectivity index (χ2n) is 7.03. The normalized spacial score (nSPS) is 26.4. The van der Waals surface area contributed by atoms with Crippen molar-refractivity contribution in [2.24, 2.45) is 5.41 Å². The van der Waals surface area contributed by atoms with E-state index in [2.05, 4.69) is 11.0 Å². The van der Waals surface area contributed by atoms with Crippen LogP contribution in [0.15, 0.2) is 23.8 Å². The maximum absolute atomic E-state index is 13.1. The van der Waals surface area contributed by atoms with E-state index in [9.17, 15) is 4.79 Å². The zero-order valence-electron chi connectivity index (χ0n) is 15.3. The molecule has 1 fully saturated rings. The molecular formula is C20H23NO4S. The number of esters is 1. The number of allylic oxidation sites excluding steroid dienone is 1. The van der Waals surface area contributed by atoms with Gasteiger partial charge >= 0.3 is 5.97 Å². The first kappa shape index (κ1) is 17.3. The van der Waals surface area contributed by atoms with Crippen molar-refractivity contribution in [1.29, 1.82) is 0 Å². The van der Waals surface area contributed by atoms with Gasteiger partial charge in [0, 0.05) is 12.1 Å². The van der Waals surface area contributed by atoms with Crippen LogP contribution in [0, 0.1) is 5.41 Å². The van der Waals surface area contributed by atoms with Crippen molar-refractivity contribution in [3.8, 4) is 11.5 Å². The van der Waals surface area contributed by atoms with Gasteiger partial charge in [0.25, 0.3) is 0 Å². The maximum Gasteiger partial charge on any atom is 0.318 e. The lowest BCUT2D eigenvalue weighted by atomic mass is 9.67. The highest BCUT2D eigenvalue weighted by Crippen LogP contribution is 2.59. The highest BCUT2D eigenvalue weighted by Gasteiger charge is 2.61. The predicted octanol–water partition coefficient (Wildman–Crippen LogP) is 3.21. The number of nitrogens with zero attached hydrogens (tertiary/aromatic N) is 1. The van der Waals surface area contributed by atoms with Crippen LogP contribution < -0.4 is 9.47 Å². The summed E-state index contributed by atoms with van der Waals surface area (Å²) in [4.78, 5) is 16.1. The number of carbonyl (C=O) groups is 1. The van der Waals surface area contributed by atoms with Crippen molar-refractivity contribution >= 4 is 23.2 Å². The van der Waals surface area contributed by atoms with Crippen LogP contribution in [0.1, 0.15) is 36.4 Å². The van der Waals surface area contributed by atoms with Crippen molar-refractivity contribution in [2.75, 3.05) is 27.9 Å². The molecule has 2 aliphatic heterocycles. The Hall–Kier alpha value is -2.08. The van der Waals surface area contributed by atoms with Crippen LogP contribution in [0.5, 0.6) is 11.5 Å². The van der Waals surface area contributed by atoms with Crippen LogP contribution in [-0.2, 0) is 16.0 Å². The number of hydrogen-bond acceptors (Lipinski definition) is 5. The van der Waals surface area contributed by atoms with Gasteiger partial charge in [-0.25, -0.2) is 0 Å². The van der Waals surface area contributed by atoms with E-state index < -0.39 is 5.41 Å². The van der Waals surface area contributed by atoms with Crippen LogP contribution in [-0.4, -0.2) is 43.7 Å². The summed E-state index contributed by atoms with van der Waals surface area (Å²) >= 11 is 5.79. The van der Waals surface area contributed by atoms with Gasteiger partial charge in [-0.1, -0.05) is 18.3 Å². The van der Waals surface area contributed by atoms with Gasteiger partial charge < -0.3 is 19.1 Å². The quantitative estimate of drug-likeness (QED) is 0.599. The molecule has 26 heavy (non-hydrogen) atoms. The zero-order valence-corrected chi connectivity index (χ0v) is 16.1. The largest absolute Gasteiger partial charge is 0.493 e. The molecule has 138 valence electrons. The van der Waals surface area contributed by atoms with Crippen LogP contribution in [0.4, 0.5) is 0 Å². The Balaban J connectivity index is 1.95. The van der Waals surface area contributed by atoms with Gasteiger partial charge in [-0.15, -0.1) is 0 Å². The van der Waals surface area contributed by atoms with E-state index >= 15 is 0 Å². The average Bonchev–Trinajstić information content (AvgIpc) is 2.96. The summed E-state index contributed by atoms with van der Waals surface area (Å²) in [6.07, 6.45) is 5.65. The van der Waals surface area contributed by atoms with Crippen molar-refractivity contribution in [3.63, 3.8) is 0 Å². The van der Waals surface area contributed by atoms with Crippen molar-refractivity contribution in [1.82, 2.24) is 4.90 Å². The lowest BCUT2D eigenvalue weighted by molar-refractivity contribution is -0.153. The number of carbonyl (C=O) groups excluding carboxylic acids is 1. The number of methoxy groups -OCH3 is 3. The molecule has 1 aliphatic carbocycles. The number of benzene rings is 1. The first-order valence-electron chi connectivity index (χ1n) is 8.93. The van der Waals surface area contributed by atoms with Crippen LogP contribution in [0.2, 0.25) is 0 Å². The van der Waals surface area contributed by atoms with Crippen molar-refractivity contribution in [3.05, 3.63) is 34.9 Å².